The molecule has 1 aromatic heterocycles. The molecule has 3 aromatic rings. The van der Waals surface area contributed by atoms with E-state index in [1.807, 2.05) is 12.1 Å². The van der Waals surface area contributed by atoms with E-state index < -0.39 is 5.82 Å². The summed E-state index contributed by atoms with van der Waals surface area (Å²) >= 11 is 5.92. The highest BCUT2D eigenvalue weighted by atomic mass is 35.5. The number of nitrogens with zero attached hydrogens (tertiary/aromatic N) is 3. The van der Waals surface area contributed by atoms with Crippen molar-refractivity contribution in [2.45, 2.75) is 19.3 Å². The molecule has 2 saturated heterocycles. The number of rotatable bonds is 6. The Bertz CT molecular complexity index is 1160. The molecule has 3 heterocycles. The number of nitrogens with one attached hydrogen (secondary N) is 1. The van der Waals surface area contributed by atoms with Crippen molar-refractivity contribution in [3.05, 3.63) is 47.5 Å². The van der Waals surface area contributed by atoms with Crippen LogP contribution in [0.15, 0.2) is 36.7 Å². The van der Waals surface area contributed by atoms with E-state index in [1.54, 1.807) is 13.2 Å². The molecular formula is C24H26ClFN4O3. The second-order valence-electron chi connectivity index (χ2n) is 8.68. The minimum atomic E-state index is -0.473. The van der Waals surface area contributed by atoms with Crippen LogP contribution >= 0.6 is 11.6 Å². The maximum Gasteiger partial charge on any atom is 0.164 e. The Morgan fingerprint density at radius 1 is 1.15 bits per heavy atom. The van der Waals surface area contributed by atoms with Gasteiger partial charge in [-0.05, 0) is 48.9 Å². The molecule has 0 unspecified atom stereocenters. The van der Waals surface area contributed by atoms with Crippen LogP contribution in [0.25, 0.3) is 10.9 Å². The SMILES string of the molecule is COc1cc2ncnc(Nc3ccc(F)c(Cl)c3)c2cc1OCN1CCC2(CCOCC2)C1. The molecule has 0 bridgehead atoms. The van der Waals surface area contributed by atoms with Crippen LogP contribution in [-0.4, -0.2) is 55.0 Å². The lowest BCUT2D eigenvalue weighted by Crippen LogP contribution is -2.34. The van der Waals surface area contributed by atoms with Crippen LogP contribution in [0.5, 0.6) is 11.5 Å². The van der Waals surface area contributed by atoms with Crippen molar-refractivity contribution >= 4 is 34.0 Å². The Morgan fingerprint density at radius 3 is 2.79 bits per heavy atom. The standard InChI is InChI=1S/C24H26ClFN4O3/c1-31-21-12-20-17(23(28-14-27-20)29-16-2-3-19(26)18(25)10-16)11-22(21)33-15-30-7-4-24(13-30)5-8-32-9-6-24/h2-3,10-12,14H,4-9,13,15H2,1H3,(H,27,28,29). The van der Waals surface area contributed by atoms with E-state index >= 15 is 0 Å². The predicted molar refractivity (Wildman–Crippen MR) is 125 cm³/mol. The van der Waals surface area contributed by atoms with Gasteiger partial charge in [0.1, 0.15) is 24.7 Å². The lowest BCUT2D eigenvalue weighted by atomic mass is 9.80. The fraction of sp³-hybridized carbons (Fsp3) is 0.417. The van der Waals surface area contributed by atoms with Gasteiger partial charge >= 0.3 is 0 Å². The maximum absolute atomic E-state index is 13.5. The second-order valence-corrected chi connectivity index (χ2v) is 9.09. The van der Waals surface area contributed by atoms with Crippen molar-refractivity contribution in [1.82, 2.24) is 14.9 Å². The Balaban J connectivity index is 1.36. The molecule has 0 radical (unpaired) electrons. The first-order valence-corrected chi connectivity index (χ1v) is 11.4. The zero-order valence-corrected chi connectivity index (χ0v) is 19.2. The summed E-state index contributed by atoms with van der Waals surface area (Å²) in [4.78, 5) is 11.1. The fourth-order valence-corrected chi connectivity index (χ4v) is 4.84. The highest BCUT2D eigenvalue weighted by molar-refractivity contribution is 6.31. The number of halogens is 2. The van der Waals surface area contributed by atoms with Gasteiger partial charge in [0, 0.05) is 43.4 Å². The van der Waals surface area contributed by atoms with Gasteiger partial charge in [-0.3, -0.25) is 4.90 Å². The van der Waals surface area contributed by atoms with Crippen LogP contribution < -0.4 is 14.8 Å². The summed E-state index contributed by atoms with van der Waals surface area (Å²) < 4.78 is 30.9. The van der Waals surface area contributed by atoms with Gasteiger partial charge in [-0.25, -0.2) is 14.4 Å². The summed E-state index contributed by atoms with van der Waals surface area (Å²) in [6.45, 7) is 4.21. The molecule has 1 N–H and O–H groups in total. The molecule has 0 amide bonds. The van der Waals surface area contributed by atoms with Gasteiger partial charge in [-0.15, -0.1) is 0 Å². The smallest absolute Gasteiger partial charge is 0.164 e. The van der Waals surface area contributed by atoms with E-state index in [2.05, 4.69) is 20.2 Å². The molecule has 1 spiro atoms. The van der Waals surface area contributed by atoms with E-state index in [1.165, 1.54) is 24.9 Å². The average molecular weight is 473 g/mol. The van der Waals surface area contributed by atoms with Crippen LogP contribution in [-0.2, 0) is 4.74 Å². The number of fused-ring (bicyclic) bond motifs is 1. The molecule has 7 nitrogen and oxygen atoms in total. The Hall–Kier alpha value is -2.68. The molecule has 0 saturated carbocycles. The molecule has 2 aliphatic rings. The van der Waals surface area contributed by atoms with E-state index in [0.29, 0.717) is 40.7 Å². The Labute approximate surface area is 196 Å². The van der Waals surface area contributed by atoms with E-state index in [-0.39, 0.29) is 5.02 Å². The van der Waals surface area contributed by atoms with Gasteiger partial charge in [0.15, 0.2) is 11.5 Å². The van der Waals surface area contributed by atoms with Crippen LogP contribution in [0.1, 0.15) is 19.3 Å². The van der Waals surface area contributed by atoms with Crippen LogP contribution in [0.4, 0.5) is 15.9 Å². The molecule has 2 fully saturated rings. The highest BCUT2D eigenvalue weighted by Gasteiger charge is 2.39. The number of hydrogen-bond acceptors (Lipinski definition) is 7. The van der Waals surface area contributed by atoms with Gasteiger partial charge in [0.05, 0.1) is 17.6 Å². The summed E-state index contributed by atoms with van der Waals surface area (Å²) in [5, 5.41) is 3.99. The van der Waals surface area contributed by atoms with Crippen molar-refractivity contribution in [3.63, 3.8) is 0 Å². The zero-order chi connectivity index (χ0) is 22.8. The molecule has 9 heteroatoms. The third kappa shape index (κ3) is 4.69. The molecule has 5 rings (SSSR count). The van der Waals surface area contributed by atoms with Crippen molar-refractivity contribution in [2.24, 2.45) is 5.41 Å². The van der Waals surface area contributed by atoms with E-state index in [4.69, 9.17) is 25.8 Å². The van der Waals surface area contributed by atoms with E-state index in [0.717, 1.165) is 44.5 Å². The quantitative estimate of drug-likeness (QED) is 0.540. The lowest BCUT2D eigenvalue weighted by molar-refractivity contribution is 0.0151. The fourth-order valence-electron chi connectivity index (χ4n) is 4.66. The van der Waals surface area contributed by atoms with Gasteiger partial charge in [-0.2, -0.15) is 0 Å². The molecular weight excluding hydrogens is 447 g/mol. The van der Waals surface area contributed by atoms with Crippen molar-refractivity contribution in [1.29, 1.82) is 0 Å². The van der Waals surface area contributed by atoms with Crippen LogP contribution in [0, 0.1) is 11.2 Å². The van der Waals surface area contributed by atoms with Crippen molar-refractivity contribution in [3.8, 4) is 11.5 Å². The highest BCUT2D eigenvalue weighted by Crippen LogP contribution is 2.40. The number of methoxy groups -OCH3 is 1. The zero-order valence-electron chi connectivity index (χ0n) is 18.4. The molecule has 0 atom stereocenters. The van der Waals surface area contributed by atoms with Gasteiger partial charge in [0.25, 0.3) is 0 Å². The largest absolute Gasteiger partial charge is 0.493 e. The minimum absolute atomic E-state index is 0.0389. The van der Waals surface area contributed by atoms with Crippen molar-refractivity contribution < 1.29 is 18.6 Å². The second kappa shape index (κ2) is 9.29. The third-order valence-corrected chi connectivity index (χ3v) is 6.87. The van der Waals surface area contributed by atoms with Crippen molar-refractivity contribution in [2.75, 3.05) is 45.5 Å². The number of ether oxygens (including phenoxy) is 3. The molecule has 174 valence electrons. The van der Waals surface area contributed by atoms with E-state index in [9.17, 15) is 4.39 Å². The summed E-state index contributed by atoms with van der Waals surface area (Å²) in [5.74, 6) is 1.32. The van der Waals surface area contributed by atoms with Crippen LogP contribution in [0.2, 0.25) is 5.02 Å². The summed E-state index contributed by atoms with van der Waals surface area (Å²) in [7, 11) is 1.61. The normalized spacial score (nSPS) is 18.0. The van der Waals surface area contributed by atoms with Gasteiger partial charge in [-0.1, -0.05) is 11.6 Å². The summed E-state index contributed by atoms with van der Waals surface area (Å²) in [5.41, 5.74) is 1.68. The monoisotopic (exact) mass is 472 g/mol. The first-order valence-electron chi connectivity index (χ1n) is 11.0. The molecule has 2 aliphatic heterocycles. The molecule has 33 heavy (non-hydrogen) atoms. The average Bonchev–Trinajstić information content (AvgIpc) is 3.22. The number of likely N-dealkylation sites (tertiary alicyclic amines) is 1. The summed E-state index contributed by atoms with van der Waals surface area (Å²) in [6, 6.07) is 8.15. The lowest BCUT2D eigenvalue weighted by Gasteiger charge is -2.33. The number of anilines is 2. The number of benzene rings is 2. The van der Waals surface area contributed by atoms with Crippen LogP contribution in [0.3, 0.4) is 0 Å². The molecule has 0 aliphatic carbocycles. The first kappa shape index (κ1) is 22.1. The first-order chi connectivity index (χ1) is 16.0. The number of aromatic nitrogens is 2. The topological polar surface area (TPSA) is 68.7 Å². The Kier molecular flexibility index (Phi) is 6.23. The van der Waals surface area contributed by atoms with Gasteiger partial charge < -0.3 is 19.5 Å². The minimum Gasteiger partial charge on any atom is -0.493 e. The Morgan fingerprint density at radius 2 is 2.00 bits per heavy atom. The summed E-state index contributed by atoms with van der Waals surface area (Å²) in [6.07, 6.45) is 4.87. The maximum atomic E-state index is 13.5. The number of hydrogen-bond donors (Lipinski definition) is 1. The van der Waals surface area contributed by atoms with Gasteiger partial charge in [0.2, 0.25) is 0 Å². The third-order valence-electron chi connectivity index (χ3n) is 6.58. The molecule has 2 aromatic carbocycles. The predicted octanol–water partition coefficient (Wildman–Crippen LogP) is 5.01.